The number of benzene rings is 2. The van der Waals surface area contributed by atoms with Crippen LogP contribution in [-0.4, -0.2) is 31.9 Å². The van der Waals surface area contributed by atoms with Gasteiger partial charge in [0, 0.05) is 28.8 Å². The van der Waals surface area contributed by atoms with Crippen LogP contribution in [0.3, 0.4) is 0 Å². The summed E-state index contributed by atoms with van der Waals surface area (Å²) in [7, 11) is -4.14. The Morgan fingerprint density at radius 1 is 1.18 bits per heavy atom. The summed E-state index contributed by atoms with van der Waals surface area (Å²) in [5.74, 6) is -1.46. The summed E-state index contributed by atoms with van der Waals surface area (Å²) in [6.07, 6.45) is 0. The van der Waals surface area contributed by atoms with Crippen LogP contribution in [-0.2, 0) is 36.6 Å². The summed E-state index contributed by atoms with van der Waals surface area (Å²) >= 11 is 3.18. The number of esters is 1. The molecule has 0 bridgehead atoms. The summed E-state index contributed by atoms with van der Waals surface area (Å²) in [4.78, 5) is 12.9. The molecule has 1 aliphatic heterocycles. The van der Waals surface area contributed by atoms with E-state index in [0.717, 1.165) is 4.31 Å². The van der Waals surface area contributed by atoms with Gasteiger partial charge in [0.15, 0.2) is 0 Å². The Hall–Kier alpha value is -1.81. The molecule has 150 valence electrons. The van der Waals surface area contributed by atoms with Crippen LogP contribution in [0.2, 0.25) is 0 Å². The van der Waals surface area contributed by atoms with Gasteiger partial charge in [0.25, 0.3) is 5.72 Å². The van der Waals surface area contributed by atoms with E-state index < -0.39 is 34.1 Å². The van der Waals surface area contributed by atoms with E-state index in [0.29, 0.717) is 4.47 Å². The highest BCUT2D eigenvalue weighted by molar-refractivity contribution is 9.10. The number of ether oxygens (including phenoxy) is 2. The molecule has 0 aromatic heterocycles. The van der Waals surface area contributed by atoms with E-state index >= 15 is 0 Å². The van der Waals surface area contributed by atoms with Crippen LogP contribution in [0, 0.1) is 5.82 Å². The van der Waals surface area contributed by atoms with E-state index in [1.54, 1.807) is 32.0 Å². The molecule has 0 aliphatic carbocycles. The monoisotopic (exact) mass is 471 g/mol. The fourth-order valence-corrected chi connectivity index (χ4v) is 5.43. The van der Waals surface area contributed by atoms with Crippen molar-refractivity contribution in [2.45, 2.75) is 31.0 Å². The Morgan fingerprint density at radius 3 is 2.54 bits per heavy atom. The van der Waals surface area contributed by atoms with Crippen molar-refractivity contribution in [1.29, 1.82) is 0 Å². The molecule has 28 heavy (non-hydrogen) atoms. The number of nitrogens with zero attached hydrogens (tertiary/aromatic N) is 1. The highest BCUT2D eigenvalue weighted by Gasteiger charge is 2.61. The van der Waals surface area contributed by atoms with E-state index in [9.17, 15) is 17.6 Å². The first-order valence-electron chi connectivity index (χ1n) is 8.66. The zero-order valence-electron chi connectivity index (χ0n) is 15.3. The molecule has 0 N–H and O–H groups in total. The summed E-state index contributed by atoms with van der Waals surface area (Å²) in [5, 5.41) is 0. The average Bonchev–Trinajstić information content (AvgIpc) is 2.84. The molecule has 0 radical (unpaired) electrons. The van der Waals surface area contributed by atoms with Crippen LogP contribution in [0.4, 0.5) is 4.39 Å². The molecule has 0 saturated heterocycles. The number of hydrogen-bond donors (Lipinski definition) is 0. The first kappa shape index (κ1) is 20.9. The van der Waals surface area contributed by atoms with Crippen molar-refractivity contribution >= 4 is 31.9 Å². The molecule has 3 rings (SSSR count). The van der Waals surface area contributed by atoms with E-state index in [4.69, 9.17) is 9.47 Å². The fourth-order valence-electron chi connectivity index (χ4n) is 3.25. The van der Waals surface area contributed by atoms with Crippen LogP contribution in [0.25, 0.3) is 0 Å². The first-order valence-corrected chi connectivity index (χ1v) is 10.9. The third-order valence-corrected chi connectivity index (χ3v) is 6.78. The molecule has 1 atom stereocenters. The Labute approximate surface area is 171 Å². The van der Waals surface area contributed by atoms with Crippen LogP contribution in [0.1, 0.15) is 25.0 Å². The standard InChI is InChI=1S/C19H19BrFNO5S/c1-3-26-18(23)19(27-4-2)15-7-5-6-8-17(15)28(24,25)22(19)12-13-9-10-14(20)11-16(13)21/h5-11H,3-4,12H2,1-2H3. The molecular formula is C19H19BrFNO5S. The predicted molar refractivity (Wildman–Crippen MR) is 103 cm³/mol. The van der Waals surface area contributed by atoms with E-state index in [1.807, 2.05) is 0 Å². The van der Waals surface area contributed by atoms with Crippen LogP contribution in [0.15, 0.2) is 51.8 Å². The lowest BCUT2D eigenvalue weighted by molar-refractivity contribution is -0.193. The number of fused-ring (bicyclic) bond motifs is 1. The predicted octanol–water partition coefficient (Wildman–Crippen LogP) is 3.55. The average molecular weight is 472 g/mol. The Balaban J connectivity index is 2.23. The SMILES string of the molecule is CCOC(=O)C1(OCC)c2ccccc2S(=O)(=O)N1Cc1ccc(Br)cc1F. The molecule has 1 unspecified atom stereocenters. The second-order valence-corrected chi connectivity index (χ2v) is 8.79. The van der Waals surface area contributed by atoms with Crippen molar-refractivity contribution in [1.82, 2.24) is 4.31 Å². The maximum Gasteiger partial charge on any atom is 0.360 e. The van der Waals surface area contributed by atoms with Crippen molar-refractivity contribution in [3.05, 3.63) is 63.9 Å². The highest BCUT2D eigenvalue weighted by atomic mass is 79.9. The lowest BCUT2D eigenvalue weighted by Gasteiger charge is -2.34. The lowest BCUT2D eigenvalue weighted by atomic mass is 10.0. The fraction of sp³-hybridized carbons (Fsp3) is 0.316. The topological polar surface area (TPSA) is 72.9 Å². The summed E-state index contributed by atoms with van der Waals surface area (Å²) in [5.41, 5.74) is -1.75. The molecule has 1 heterocycles. The van der Waals surface area contributed by atoms with Crippen LogP contribution >= 0.6 is 15.9 Å². The number of carbonyl (C=O) groups is 1. The number of hydrogen-bond acceptors (Lipinski definition) is 5. The van der Waals surface area contributed by atoms with Crippen molar-refractivity contribution in [3.63, 3.8) is 0 Å². The van der Waals surface area contributed by atoms with Crippen LogP contribution < -0.4 is 0 Å². The van der Waals surface area contributed by atoms with Crippen molar-refractivity contribution in [3.8, 4) is 0 Å². The zero-order valence-corrected chi connectivity index (χ0v) is 17.7. The zero-order chi connectivity index (χ0) is 20.5. The normalized spacial score (nSPS) is 20.7. The molecule has 2 aromatic carbocycles. The maximum atomic E-state index is 14.5. The van der Waals surface area contributed by atoms with E-state index in [-0.39, 0.29) is 29.2 Å². The third-order valence-electron chi connectivity index (χ3n) is 4.41. The van der Waals surface area contributed by atoms with Gasteiger partial charge in [0.1, 0.15) is 5.82 Å². The summed E-state index contributed by atoms with van der Waals surface area (Å²) < 4.78 is 53.3. The number of rotatable bonds is 6. The first-order chi connectivity index (χ1) is 13.3. The quantitative estimate of drug-likeness (QED) is 0.602. The van der Waals surface area contributed by atoms with Gasteiger partial charge in [-0.25, -0.2) is 17.6 Å². The van der Waals surface area contributed by atoms with Crippen molar-refractivity contribution in [2.24, 2.45) is 0 Å². The van der Waals surface area contributed by atoms with Gasteiger partial charge in [0.2, 0.25) is 10.0 Å². The lowest BCUT2D eigenvalue weighted by Crippen LogP contribution is -2.52. The van der Waals surface area contributed by atoms with Crippen molar-refractivity contribution < 1.29 is 27.1 Å². The van der Waals surface area contributed by atoms with Gasteiger partial charge in [-0.3, -0.25) is 0 Å². The number of halogens is 2. The minimum atomic E-state index is -4.14. The van der Waals surface area contributed by atoms with E-state index in [1.165, 1.54) is 24.3 Å². The molecule has 0 amide bonds. The largest absolute Gasteiger partial charge is 0.463 e. The van der Waals surface area contributed by atoms with Crippen molar-refractivity contribution in [2.75, 3.05) is 13.2 Å². The van der Waals surface area contributed by atoms with Gasteiger partial charge >= 0.3 is 5.97 Å². The molecular weight excluding hydrogens is 453 g/mol. The van der Waals surface area contributed by atoms with Gasteiger partial charge in [-0.05, 0) is 32.0 Å². The Kier molecular flexibility index (Phi) is 5.90. The van der Waals surface area contributed by atoms with E-state index in [2.05, 4.69) is 15.9 Å². The molecule has 0 spiro atoms. The molecule has 9 heteroatoms. The summed E-state index contributed by atoms with van der Waals surface area (Å²) in [6.45, 7) is 2.95. The minimum absolute atomic E-state index is 0.0381. The summed E-state index contributed by atoms with van der Waals surface area (Å²) in [6, 6.07) is 10.4. The number of sulfonamides is 1. The number of carbonyl (C=O) groups excluding carboxylic acids is 1. The molecule has 0 saturated carbocycles. The molecule has 2 aromatic rings. The molecule has 0 fully saturated rings. The Morgan fingerprint density at radius 2 is 1.89 bits per heavy atom. The molecule has 1 aliphatic rings. The smallest absolute Gasteiger partial charge is 0.360 e. The second kappa shape index (κ2) is 7.90. The minimum Gasteiger partial charge on any atom is -0.463 e. The van der Waals surface area contributed by atoms with Gasteiger partial charge < -0.3 is 9.47 Å². The maximum absolute atomic E-state index is 14.5. The van der Waals surface area contributed by atoms with Gasteiger partial charge in [0.05, 0.1) is 11.5 Å². The third kappa shape index (κ3) is 3.26. The Bertz CT molecular complexity index is 1010. The van der Waals surface area contributed by atoms with Gasteiger partial charge in [-0.2, -0.15) is 0 Å². The highest BCUT2D eigenvalue weighted by Crippen LogP contribution is 2.47. The molecule has 6 nitrogen and oxygen atoms in total. The van der Waals surface area contributed by atoms with Gasteiger partial charge in [-0.1, -0.05) is 40.2 Å². The van der Waals surface area contributed by atoms with Crippen LogP contribution in [0.5, 0.6) is 0 Å². The second-order valence-electron chi connectivity index (χ2n) is 6.04. The van der Waals surface area contributed by atoms with Gasteiger partial charge in [-0.15, -0.1) is 4.31 Å².